The van der Waals surface area contributed by atoms with Crippen LogP contribution < -0.4 is 16.2 Å². The number of fused-ring (bicyclic) bond motifs is 13. The summed E-state index contributed by atoms with van der Waals surface area (Å²) in [7, 11) is 0.771. The van der Waals surface area contributed by atoms with Crippen LogP contribution in [0.4, 0.5) is 11.4 Å². The SMILES string of the molecule is CC(C)(C)c1ccc(Nc2cc3oc4cc5c(cc4c3cc2-c2ccc3c4cc6oc7ccccc7c6cc4n4c3c2Bc2cc3sc(-c6ccccc6)c(-c6ccccc6)c3cc2-4)C(C)(C)CCC5(C)C)cc1. The van der Waals surface area contributed by atoms with E-state index in [0.717, 1.165) is 75.6 Å². The number of thiophene rings is 1. The van der Waals surface area contributed by atoms with Crippen LogP contribution in [0.5, 0.6) is 0 Å². The molecule has 9 aromatic carbocycles. The van der Waals surface area contributed by atoms with E-state index < -0.39 is 0 Å². The van der Waals surface area contributed by atoms with Gasteiger partial charge in [-0.25, -0.2) is 0 Å². The van der Waals surface area contributed by atoms with Gasteiger partial charge in [0, 0.05) is 81.4 Å². The summed E-state index contributed by atoms with van der Waals surface area (Å²) in [4.78, 5) is 1.29. The van der Waals surface area contributed by atoms with Crippen LogP contribution in [0.25, 0.3) is 114 Å². The molecule has 1 aliphatic heterocycles. The number of para-hydroxylation sites is 1. The van der Waals surface area contributed by atoms with Crippen molar-refractivity contribution in [3.8, 4) is 38.4 Å². The summed E-state index contributed by atoms with van der Waals surface area (Å²) in [5.41, 5.74) is 22.5. The number of hydrogen-bond donors (Lipinski definition) is 1. The zero-order valence-corrected chi connectivity index (χ0v) is 43.8. The average Bonchev–Trinajstić information content (AvgIpc) is 4.25. The van der Waals surface area contributed by atoms with Gasteiger partial charge in [-0.2, -0.15) is 0 Å². The van der Waals surface area contributed by atoms with Crippen molar-refractivity contribution in [2.45, 2.75) is 77.6 Å². The smallest absolute Gasteiger partial charge is 0.198 e. The van der Waals surface area contributed by atoms with Gasteiger partial charge >= 0.3 is 0 Å². The van der Waals surface area contributed by atoms with Gasteiger partial charge in [0.05, 0.1) is 11.2 Å². The van der Waals surface area contributed by atoms with Crippen molar-refractivity contribution in [3.05, 3.63) is 187 Å². The van der Waals surface area contributed by atoms with E-state index in [-0.39, 0.29) is 16.2 Å². The summed E-state index contributed by atoms with van der Waals surface area (Å²) in [5, 5.41) is 12.2. The van der Waals surface area contributed by atoms with Gasteiger partial charge in [-0.1, -0.05) is 157 Å². The normalized spacial score (nSPS) is 14.9. The predicted molar refractivity (Wildman–Crippen MR) is 317 cm³/mol. The molecule has 74 heavy (non-hydrogen) atoms. The minimum absolute atomic E-state index is 0.0442. The summed E-state index contributed by atoms with van der Waals surface area (Å²) in [6.45, 7) is 16.4. The zero-order valence-electron chi connectivity index (χ0n) is 43.0. The number of rotatable bonds is 5. The van der Waals surface area contributed by atoms with E-state index in [1.165, 1.54) is 97.7 Å². The van der Waals surface area contributed by atoms with Crippen molar-refractivity contribution >= 4 is 117 Å². The molecular weight excluding hydrogens is 920 g/mol. The van der Waals surface area contributed by atoms with Crippen LogP contribution in [0.15, 0.2) is 179 Å². The van der Waals surface area contributed by atoms with Gasteiger partial charge in [0.1, 0.15) is 22.3 Å². The van der Waals surface area contributed by atoms with Gasteiger partial charge in [-0.15, -0.1) is 11.3 Å². The Balaban J connectivity index is 1.02. The monoisotopic (exact) mass is 974 g/mol. The molecule has 0 bridgehead atoms. The molecule has 13 aromatic rings. The van der Waals surface area contributed by atoms with Gasteiger partial charge in [-0.3, -0.25) is 0 Å². The van der Waals surface area contributed by atoms with Crippen LogP contribution >= 0.6 is 11.3 Å². The molecule has 5 heterocycles. The lowest BCUT2D eigenvalue weighted by Crippen LogP contribution is -2.37. The molecule has 4 aromatic heterocycles. The molecule has 1 N–H and O–H groups in total. The molecule has 0 unspecified atom stereocenters. The maximum absolute atomic E-state index is 6.98. The lowest BCUT2D eigenvalue weighted by molar-refractivity contribution is 0.332. The van der Waals surface area contributed by atoms with Crippen LogP contribution in [-0.4, -0.2) is 11.8 Å². The third kappa shape index (κ3) is 6.46. The summed E-state index contributed by atoms with van der Waals surface area (Å²) >= 11 is 1.91. The number of aromatic nitrogens is 1. The van der Waals surface area contributed by atoms with Crippen molar-refractivity contribution in [2.75, 3.05) is 5.32 Å². The van der Waals surface area contributed by atoms with Gasteiger partial charge in [0.15, 0.2) is 7.28 Å². The molecule has 0 radical (unpaired) electrons. The highest BCUT2D eigenvalue weighted by molar-refractivity contribution is 7.23. The average molecular weight is 975 g/mol. The molecule has 0 saturated heterocycles. The fraction of sp³-hybridized carbons (Fsp3) is 0.176. The van der Waals surface area contributed by atoms with Crippen LogP contribution in [-0.2, 0) is 16.2 Å². The summed E-state index contributed by atoms with van der Waals surface area (Å²) in [6, 6.07) is 63.3. The molecule has 1 aliphatic carbocycles. The highest BCUT2D eigenvalue weighted by Crippen LogP contribution is 2.51. The van der Waals surface area contributed by atoms with E-state index in [1.54, 1.807) is 0 Å². The lowest BCUT2D eigenvalue weighted by Gasteiger charge is -2.41. The number of nitrogens with one attached hydrogen (secondary N) is 1. The van der Waals surface area contributed by atoms with E-state index >= 15 is 0 Å². The van der Waals surface area contributed by atoms with E-state index in [4.69, 9.17) is 8.83 Å². The van der Waals surface area contributed by atoms with Crippen LogP contribution in [0, 0.1) is 0 Å². The first-order chi connectivity index (χ1) is 35.8. The fourth-order valence-corrected chi connectivity index (χ4v) is 14.2. The quantitative estimate of drug-likeness (QED) is 0.175. The second-order valence-electron chi connectivity index (χ2n) is 23.6. The van der Waals surface area contributed by atoms with Crippen molar-refractivity contribution in [2.24, 2.45) is 0 Å². The first-order valence-electron chi connectivity index (χ1n) is 26.3. The van der Waals surface area contributed by atoms with E-state index in [0.29, 0.717) is 0 Å². The fourth-order valence-electron chi connectivity index (χ4n) is 12.9. The highest BCUT2D eigenvalue weighted by Gasteiger charge is 2.38. The number of anilines is 2. The highest BCUT2D eigenvalue weighted by atomic mass is 32.1. The molecule has 0 atom stereocenters. The molecule has 0 saturated carbocycles. The molecule has 0 amide bonds. The Morgan fingerprint density at radius 2 is 1.19 bits per heavy atom. The van der Waals surface area contributed by atoms with Gasteiger partial charge < -0.3 is 18.7 Å². The predicted octanol–water partition coefficient (Wildman–Crippen LogP) is 17.9. The molecule has 0 spiro atoms. The summed E-state index contributed by atoms with van der Waals surface area (Å²) < 4.78 is 17.5. The Morgan fingerprint density at radius 3 is 1.95 bits per heavy atom. The van der Waals surface area contributed by atoms with Gasteiger partial charge in [0.2, 0.25) is 0 Å². The Morgan fingerprint density at radius 1 is 0.541 bits per heavy atom. The maximum atomic E-state index is 6.98. The molecule has 6 heteroatoms. The Hall–Kier alpha value is -7.80. The zero-order chi connectivity index (χ0) is 50.0. The van der Waals surface area contributed by atoms with Crippen LogP contribution in [0.2, 0.25) is 0 Å². The van der Waals surface area contributed by atoms with Crippen LogP contribution in [0.1, 0.15) is 78.0 Å². The molecule has 4 nitrogen and oxygen atoms in total. The number of benzene rings is 9. The molecule has 15 rings (SSSR count). The minimum atomic E-state index is 0.0442. The van der Waals surface area contributed by atoms with E-state index in [2.05, 4.69) is 228 Å². The first kappa shape index (κ1) is 43.8. The van der Waals surface area contributed by atoms with E-state index in [9.17, 15) is 0 Å². The second kappa shape index (κ2) is 15.4. The second-order valence-corrected chi connectivity index (χ2v) is 24.6. The number of hydrogen-bond acceptors (Lipinski definition) is 4. The third-order valence-corrected chi connectivity index (χ3v) is 18.2. The third-order valence-electron chi connectivity index (χ3n) is 17.0. The van der Waals surface area contributed by atoms with Gasteiger partial charge in [0.25, 0.3) is 0 Å². The van der Waals surface area contributed by atoms with Crippen molar-refractivity contribution in [1.82, 2.24) is 4.57 Å². The van der Waals surface area contributed by atoms with Crippen LogP contribution in [0.3, 0.4) is 0 Å². The number of furan rings is 2. The molecular formula is C68H55BN2O2S. The number of nitrogens with zero attached hydrogens (tertiary/aromatic N) is 1. The maximum Gasteiger partial charge on any atom is 0.198 e. The van der Waals surface area contributed by atoms with Gasteiger partial charge in [-0.05, 0) is 129 Å². The van der Waals surface area contributed by atoms with E-state index in [1.807, 2.05) is 11.3 Å². The topological polar surface area (TPSA) is 43.2 Å². The molecule has 0 fully saturated rings. The Kier molecular flexibility index (Phi) is 9.09. The minimum Gasteiger partial charge on any atom is -0.456 e. The van der Waals surface area contributed by atoms with Crippen molar-refractivity contribution in [1.29, 1.82) is 0 Å². The van der Waals surface area contributed by atoms with Crippen molar-refractivity contribution in [3.63, 3.8) is 0 Å². The standard InChI is InChI=1S/C68H55BN2O2S/c1-66(2,3)40-22-24-41(25-23-40)70-54-37-60-47(48-31-51-52(35-59(48)73-60)68(6,7)29-28-67(51,4)5)30-45(54)43-26-27-44-46-34-58-49(42-20-14-15-21-57(42)72-58)32-55(46)71-56-33-50-61(36-53(56)69-63(43)64(44)71)74-65(39-18-12-9-13-19-39)62(50)38-16-10-8-11-17-38/h8-27,30-37,69-70H,28-29H2,1-7H3. The Labute approximate surface area is 435 Å². The molecule has 2 aliphatic rings. The molecule has 358 valence electrons. The summed E-state index contributed by atoms with van der Waals surface area (Å²) in [6.07, 6.45) is 2.31. The largest absolute Gasteiger partial charge is 0.456 e. The summed E-state index contributed by atoms with van der Waals surface area (Å²) in [5.74, 6) is 0. The first-order valence-corrected chi connectivity index (χ1v) is 27.1. The Bertz CT molecular complexity index is 4500. The lowest BCUT2D eigenvalue weighted by atomic mass is 9.59. The van der Waals surface area contributed by atoms with Crippen molar-refractivity contribution < 1.29 is 8.83 Å².